The van der Waals surface area contributed by atoms with Gasteiger partial charge in [0, 0.05) is 24.2 Å². The molecule has 12 heteroatoms. The summed E-state index contributed by atoms with van der Waals surface area (Å²) in [5, 5.41) is 15.3. The molecule has 40 heavy (non-hydrogen) atoms. The van der Waals surface area contributed by atoms with Gasteiger partial charge in [0.25, 0.3) is 10.9 Å². The molecular formula is C28H29N7O4S. The number of hydrogen-bond donors (Lipinski definition) is 3. The van der Waals surface area contributed by atoms with Gasteiger partial charge in [-0.3, -0.25) is 14.0 Å². The minimum atomic E-state index is -3.99. The van der Waals surface area contributed by atoms with Crippen molar-refractivity contribution in [3.63, 3.8) is 0 Å². The van der Waals surface area contributed by atoms with Crippen LogP contribution in [0.1, 0.15) is 56.3 Å². The van der Waals surface area contributed by atoms with Crippen LogP contribution in [-0.4, -0.2) is 45.1 Å². The number of anilines is 2. The Hall–Kier alpha value is -4.06. The normalized spacial score (nSPS) is 21.5. The lowest BCUT2D eigenvalue weighted by Crippen LogP contribution is -2.39. The number of sulfone groups is 1. The van der Waals surface area contributed by atoms with E-state index >= 15 is 0 Å². The fraction of sp³-hybridized carbons (Fsp3) is 0.393. The minimum absolute atomic E-state index is 0.0379. The number of H-pyrrole nitrogens is 1. The largest absolute Gasteiger partial charge is 0.377 e. The van der Waals surface area contributed by atoms with E-state index in [1.165, 1.54) is 0 Å². The van der Waals surface area contributed by atoms with E-state index in [0.717, 1.165) is 25.7 Å². The third kappa shape index (κ3) is 3.76. The third-order valence-electron chi connectivity index (χ3n) is 8.41. The van der Waals surface area contributed by atoms with Gasteiger partial charge in [-0.1, -0.05) is 31.5 Å². The van der Waals surface area contributed by atoms with Crippen molar-refractivity contribution in [3.8, 4) is 0 Å². The number of hydrogen-bond acceptors (Lipinski definition) is 9. The van der Waals surface area contributed by atoms with Gasteiger partial charge < -0.3 is 15.6 Å². The summed E-state index contributed by atoms with van der Waals surface area (Å²) in [5.74, 6) is 0.842. The highest BCUT2D eigenvalue weighted by Gasteiger charge is 2.40. The summed E-state index contributed by atoms with van der Waals surface area (Å²) in [5.41, 5.74) is 1.80. The summed E-state index contributed by atoms with van der Waals surface area (Å²) in [6.07, 6.45) is 6.05. The van der Waals surface area contributed by atoms with Crippen molar-refractivity contribution < 1.29 is 8.42 Å². The molecule has 206 valence electrons. The first-order valence-electron chi connectivity index (χ1n) is 13.7. The van der Waals surface area contributed by atoms with E-state index in [4.69, 9.17) is 0 Å². The minimum Gasteiger partial charge on any atom is -0.377 e. The van der Waals surface area contributed by atoms with Crippen LogP contribution in [0.25, 0.3) is 16.8 Å². The molecule has 2 aromatic carbocycles. The zero-order chi connectivity index (χ0) is 27.8. The molecule has 3 aromatic heterocycles. The number of fused-ring (bicyclic) bond motifs is 3. The smallest absolute Gasteiger partial charge is 0.253 e. The highest BCUT2D eigenvalue weighted by atomic mass is 32.2. The number of benzene rings is 1. The molecule has 2 fully saturated rings. The summed E-state index contributed by atoms with van der Waals surface area (Å²) in [6.45, 7) is 3.87. The van der Waals surface area contributed by atoms with Gasteiger partial charge in [0.05, 0.1) is 10.4 Å². The fourth-order valence-corrected chi connectivity index (χ4v) is 7.68. The van der Waals surface area contributed by atoms with Crippen LogP contribution in [0, 0.1) is 12.8 Å². The van der Waals surface area contributed by atoms with E-state index in [1.807, 2.05) is 10.5 Å². The van der Waals surface area contributed by atoms with E-state index in [2.05, 4.69) is 37.7 Å². The van der Waals surface area contributed by atoms with E-state index in [9.17, 15) is 18.0 Å². The monoisotopic (exact) mass is 559 g/mol. The zero-order valence-electron chi connectivity index (χ0n) is 22.1. The van der Waals surface area contributed by atoms with E-state index < -0.39 is 20.7 Å². The van der Waals surface area contributed by atoms with E-state index in [0.29, 0.717) is 40.3 Å². The highest BCUT2D eigenvalue weighted by Crippen LogP contribution is 2.43. The van der Waals surface area contributed by atoms with Gasteiger partial charge in [0.15, 0.2) is 11.3 Å². The Kier molecular flexibility index (Phi) is 5.60. The summed E-state index contributed by atoms with van der Waals surface area (Å²) in [7, 11) is -3.99. The molecule has 0 bridgehead atoms. The van der Waals surface area contributed by atoms with Gasteiger partial charge >= 0.3 is 0 Å². The van der Waals surface area contributed by atoms with Gasteiger partial charge in [0.1, 0.15) is 17.2 Å². The predicted octanol–water partition coefficient (Wildman–Crippen LogP) is 3.30. The van der Waals surface area contributed by atoms with Gasteiger partial charge in [-0.2, -0.15) is 0 Å². The molecule has 2 aliphatic carbocycles. The predicted molar refractivity (Wildman–Crippen MR) is 150 cm³/mol. The van der Waals surface area contributed by atoms with Crippen molar-refractivity contribution in [2.24, 2.45) is 5.92 Å². The van der Waals surface area contributed by atoms with E-state index in [1.54, 1.807) is 37.4 Å². The van der Waals surface area contributed by atoms with Crippen molar-refractivity contribution in [2.45, 2.75) is 73.9 Å². The van der Waals surface area contributed by atoms with Crippen LogP contribution in [0.5, 0.6) is 0 Å². The van der Waals surface area contributed by atoms with Gasteiger partial charge in [-0.15, -0.1) is 10.2 Å². The van der Waals surface area contributed by atoms with Crippen LogP contribution in [0.4, 0.5) is 11.4 Å². The molecule has 0 spiro atoms. The van der Waals surface area contributed by atoms with Crippen LogP contribution >= 0.6 is 0 Å². The maximum atomic E-state index is 13.8. The summed E-state index contributed by atoms with van der Waals surface area (Å²) in [4.78, 5) is 32.3. The van der Waals surface area contributed by atoms with Crippen LogP contribution in [-0.2, 0) is 9.84 Å². The lowest BCUT2D eigenvalue weighted by atomic mass is 9.93. The molecule has 3 heterocycles. The molecule has 7 rings (SSSR count). The molecule has 0 aliphatic heterocycles. The Morgan fingerprint density at radius 1 is 1.00 bits per heavy atom. The van der Waals surface area contributed by atoms with Crippen LogP contribution in [0.2, 0.25) is 0 Å². The lowest BCUT2D eigenvalue weighted by Gasteiger charge is -2.19. The average Bonchev–Trinajstić information content (AvgIpc) is 3.31. The molecule has 2 saturated carbocycles. The van der Waals surface area contributed by atoms with Crippen molar-refractivity contribution in [3.05, 3.63) is 68.4 Å². The Labute approximate surface area is 229 Å². The fourth-order valence-electron chi connectivity index (χ4n) is 6.14. The second-order valence-electron chi connectivity index (χ2n) is 11.0. The Morgan fingerprint density at radius 3 is 2.42 bits per heavy atom. The Bertz CT molecular complexity index is 1960. The molecule has 2 aliphatic rings. The maximum Gasteiger partial charge on any atom is 0.253 e. The molecule has 0 unspecified atom stereocenters. The number of aryl methyl sites for hydroxylation is 1. The van der Waals surface area contributed by atoms with Crippen molar-refractivity contribution >= 4 is 38.0 Å². The number of nitrogens with zero attached hydrogens (tertiary/aromatic N) is 4. The Balaban J connectivity index is 1.29. The number of rotatable bonds is 8. The summed E-state index contributed by atoms with van der Waals surface area (Å²) >= 11 is 0. The summed E-state index contributed by atoms with van der Waals surface area (Å²) in [6, 6.07) is 8.90. The van der Waals surface area contributed by atoms with Crippen LogP contribution in [0.3, 0.4) is 0 Å². The first-order valence-corrected chi connectivity index (χ1v) is 15.2. The lowest BCUT2D eigenvalue weighted by molar-refractivity contribution is 0.450. The number of aromatic amines is 1. The van der Waals surface area contributed by atoms with Crippen molar-refractivity contribution in [2.75, 3.05) is 10.6 Å². The zero-order valence-corrected chi connectivity index (χ0v) is 23.0. The standard InChI is InChI=1S/C28H29N7O4S/c1-3-15-12-17(31-22-21(23(36)24(22)37)30-16-8-9-16)13-18(15)26-33-34-27-28(32-25-19(35(26)27)10-11-29-25)40(38,39)20-7-5-4-6-14(20)2/h4-7,10-11,15-18,29-31H,3,8-9,12-13H2,1-2H3/t15-,17+,18+/m1/s1. The first-order chi connectivity index (χ1) is 19.3. The summed E-state index contributed by atoms with van der Waals surface area (Å²) < 4.78 is 29.5. The van der Waals surface area contributed by atoms with E-state index in [-0.39, 0.29) is 39.5 Å². The molecule has 0 amide bonds. The molecule has 0 saturated heterocycles. The van der Waals surface area contributed by atoms with Crippen LogP contribution in [0.15, 0.2) is 56.0 Å². The number of aromatic nitrogens is 5. The van der Waals surface area contributed by atoms with Gasteiger partial charge in [-0.25, -0.2) is 13.4 Å². The van der Waals surface area contributed by atoms with Gasteiger partial charge in [-0.05, 0) is 56.2 Å². The SMILES string of the molecule is CC[C@@H]1C[C@H](Nc2c(NC3CC3)c(=O)c2=O)C[C@@H]1c1nnc2c(S(=O)(=O)c3ccccc3C)nc3[nH]ccc3n12. The average molecular weight is 560 g/mol. The quantitative estimate of drug-likeness (QED) is 0.243. The molecule has 3 atom stereocenters. The molecule has 3 N–H and O–H groups in total. The van der Waals surface area contributed by atoms with Gasteiger partial charge in [0.2, 0.25) is 14.9 Å². The van der Waals surface area contributed by atoms with Crippen molar-refractivity contribution in [1.29, 1.82) is 0 Å². The molecule has 11 nitrogen and oxygen atoms in total. The Morgan fingerprint density at radius 2 is 1.73 bits per heavy atom. The topological polar surface area (TPSA) is 151 Å². The maximum absolute atomic E-state index is 13.8. The first kappa shape index (κ1) is 24.9. The second-order valence-corrected chi connectivity index (χ2v) is 12.9. The number of nitrogens with one attached hydrogen (secondary N) is 3. The molecule has 0 radical (unpaired) electrons. The molecular weight excluding hydrogens is 530 g/mol. The van der Waals surface area contributed by atoms with Crippen LogP contribution < -0.4 is 21.5 Å². The molecule has 5 aromatic rings. The second kappa shape index (κ2) is 8.98. The highest BCUT2D eigenvalue weighted by molar-refractivity contribution is 7.91. The third-order valence-corrected chi connectivity index (χ3v) is 10.2. The van der Waals surface area contributed by atoms with Crippen molar-refractivity contribution in [1.82, 2.24) is 24.6 Å².